The molecule has 0 bridgehead atoms. The summed E-state index contributed by atoms with van der Waals surface area (Å²) < 4.78 is 0. The van der Waals surface area contributed by atoms with E-state index in [9.17, 15) is 0 Å². The van der Waals surface area contributed by atoms with Crippen LogP contribution in [0.2, 0.25) is 0 Å². The second-order valence-electron chi connectivity index (χ2n) is 4.76. The Hall–Kier alpha value is -0.130. The van der Waals surface area contributed by atoms with Crippen molar-refractivity contribution in [1.82, 2.24) is 15.5 Å². The van der Waals surface area contributed by atoms with Crippen LogP contribution in [0.3, 0.4) is 0 Å². The second kappa shape index (κ2) is 6.57. The van der Waals surface area contributed by atoms with E-state index in [1.165, 1.54) is 5.01 Å². The zero-order chi connectivity index (χ0) is 12.0. The molecule has 0 spiro atoms. The summed E-state index contributed by atoms with van der Waals surface area (Å²) in [4.78, 5) is 0. The molecule has 0 fully saturated rings. The Labute approximate surface area is 106 Å². The highest BCUT2D eigenvalue weighted by atomic mass is 32.2. The summed E-state index contributed by atoms with van der Waals surface area (Å²) in [6, 6.07) is 0. The lowest BCUT2D eigenvalue weighted by molar-refractivity contribution is 0.429. The van der Waals surface area contributed by atoms with E-state index in [2.05, 4.69) is 42.5 Å². The molecule has 0 aliphatic heterocycles. The van der Waals surface area contributed by atoms with E-state index >= 15 is 0 Å². The van der Waals surface area contributed by atoms with Gasteiger partial charge in [0, 0.05) is 24.9 Å². The fourth-order valence-corrected chi connectivity index (χ4v) is 2.59. The van der Waals surface area contributed by atoms with Gasteiger partial charge in [-0.2, -0.15) is 11.8 Å². The molecule has 0 aromatic carbocycles. The molecule has 1 aromatic rings. The largest absolute Gasteiger partial charge is 0.312 e. The number of nitrogens with one attached hydrogen (secondary N) is 1. The predicted octanol–water partition coefficient (Wildman–Crippen LogP) is 2.37. The third kappa shape index (κ3) is 5.82. The quantitative estimate of drug-likeness (QED) is 0.851. The molecular weight excluding hydrogens is 238 g/mol. The molecule has 0 radical (unpaired) electrons. The van der Waals surface area contributed by atoms with Crippen molar-refractivity contribution in [2.75, 3.05) is 18.6 Å². The van der Waals surface area contributed by atoms with E-state index in [-0.39, 0.29) is 5.54 Å². The van der Waals surface area contributed by atoms with Gasteiger partial charge in [0.1, 0.15) is 10.0 Å². The molecule has 3 nitrogen and oxygen atoms in total. The number of hydrogen-bond donors (Lipinski definition) is 1. The zero-order valence-corrected chi connectivity index (χ0v) is 12.2. The highest BCUT2D eigenvalue weighted by molar-refractivity contribution is 7.98. The van der Waals surface area contributed by atoms with E-state index < -0.39 is 0 Å². The van der Waals surface area contributed by atoms with Gasteiger partial charge in [0.25, 0.3) is 0 Å². The Balaban J connectivity index is 2.29. The van der Waals surface area contributed by atoms with Crippen LogP contribution in [0, 0.1) is 0 Å². The van der Waals surface area contributed by atoms with Crippen molar-refractivity contribution in [2.45, 2.75) is 39.2 Å². The fraction of sp³-hybridized carbons (Fsp3) is 0.818. The molecular formula is C11H21N3S2. The average molecular weight is 259 g/mol. The first-order chi connectivity index (χ1) is 7.51. The molecule has 16 heavy (non-hydrogen) atoms. The van der Waals surface area contributed by atoms with Gasteiger partial charge in [0.2, 0.25) is 0 Å². The van der Waals surface area contributed by atoms with Crippen LogP contribution in [0.1, 0.15) is 30.8 Å². The summed E-state index contributed by atoms with van der Waals surface area (Å²) >= 11 is 3.60. The summed E-state index contributed by atoms with van der Waals surface area (Å²) in [5, 5.41) is 14.2. The highest BCUT2D eigenvalue weighted by Gasteiger charge is 2.09. The van der Waals surface area contributed by atoms with Gasteiger partial charge < -0.3 is 5.32 Å². The minimum Gasteiger partial charge on any atom is -0.312 e. The monoisotopic (exact) mass is 259 g/mol. The van der Waals surface area contributed by atoms with Gasteiger partial charge in [-0.25, -0.2) is 0 Å². The fourth-order valence-electron chi connectivity index (χ4n) is 1.22. The molecule has 1 heterocycles. The molecule has 1 rings (SSSR count). The molecule has 5 heteroatoms. The van der Waals surface area contributed by atoms with Crippen LogP contribution >= 0.6 is 23.1 Å². The van der Waals surface area contributed by atoms with Crippen molar-refractivity contribution in [3.05, 3.63) is 10.0 Å². The topological polar surface area (TPSA) is 37.8 Å². The summed E-state index contributed by atoms with van der Waals surface area (Å²) in [6.45, 7) is 7.51. The lowest BCUT2D eigenvalue weighted by atomic mass is 10.1. The number of thioether (sulfide) groups is 1. The van der Waals surface area contributed by atoms with Gasteiger partial charge in [-0.15, -0.1) is 21.5 Å². The van der Waals surface area contributed by atoms with E-state index in [4.69, 9.17) is 0 Å². The molecule has 0 atom stereocenters. The van der Waals surface area contributed by atoms with Crippen molar-refractivity contribution >= 4 is 23.1 Å². The Morgan fingerprint density at radius 1 is 1.19 bits per heavy atom. The average Bonchev–Trinajstić information content (AvgIpc) is 2.61. The Kier molecular flexibility index (Phi) is 5.72. The third-order valence-electron chi connectivity index (χ3n) is 2.02. The lowest BCUT2D eigenvalue weighted by Gasteiger charge is -2.19. The molecule has 92 valence electrons. The van der Waals surface area contributed by atoms with Crippen molar-refractivity contribution in [3.8, 4) is 0 Å². The SMILES string of the molecule is CSCCc1nnc(CCNC(C)(C)C)s1. The van der Waals surface area contributed by atoms with Gasteiger partial charge in [-0.05, 0) is 32.8 Å². The van der Waals surface area contributed by atoms with E-state index in [0.717, 1.165) is 30.1 Å². The highest BCUT2D eigenvalue weighted by Crippen LogP contribution is 2.12. The standard InChI is InChI=1S/C11H21N3S2/c1-11(2,3)12-7-5-9-13-14-10(16-9)6-8-15-4/h12H,5-8H2,1-4H3. The minimum absolute atomic E-state index is 0.187. The van der Waals surface area contributed by atoms with Gasteiger partial charge in [-0.3, -0.25) is 0 Å². The van der Waals surface area contributed by atoms with Crippen LogP contribution in [0.25, 0.3) is 0 Å². The first kappa shape index (κ1) is 13.9. The van der Waals surface area contributed by atoms with Crippen LogP contribution in [-0.4, -0.2) is 34.3 Å². The third-order valence-corrected chi connectivity index (χ3v) is 3.68. The molecule has 1 aromatic heterocycles. The number of aryl methyl sites for hydroxylation is 1. The Morgan fingerprint density at radius 3 is 2.38 bits per heavy atom. The first-order valence-electron chi connectivity index (χ1n) is 5.56. The van der Waals surface area contributed by atoms with Crippen molar-refractivity contribution in [1.29, 1.82) is 0 Å². The number of hydrogen-bond acceptors (Lipinski definition) is 5. The Bertz CT molecular complexity index is 304. The summed E-state index contributed by atoms with van der Waals surface area (Å²) in [7, 11) is 0. The van der Waals surface area contributed by atoms with Crippen LogP contribution in [0.4, 0.5) is 0 Å². The number of rotatable bonds is 6. The molecule has 0 amide bonds. The van der Waals surface area contributed by atoms with Crippen molar-refractivity contribution in [3.63, 3.8) is 0 Å². The lowest BCUT2D eigenvalue weighted by Crippen LogP contribution is -2.37. The first-order valence-corrected chi connectivity index (χ1v) is 7.77. The maximum atomic E-state index is 4.21. The van der Waals surface area contributed by atoms with Gasteiger partial charge >= 0.3 is 0 Å². The van der Waals surface area contributed by atoms with Crippen molar-refractivity contribution in [2.24, 2.45) is 0 Å². The summed E-state index contributed by atoms with van der Waals surface area (Å²) in [5.74, 6) is 1.13. The van der Waals surface area contributed by atoms with Gasteiger partial charge in [0.15, 0.2) is 0 Å². The van der Waals surface area contributed by atoms with Crippen molar-refractivity contribution < 1.29 is 0 Å². The maximum Gasteiger partial charge on any atom is 0.118 e. The molecule has 0 aliphatic rings. The molecule has 0 saturated heterocycles. The van der Waals surface area contributed by atoms with E-state index in [1.54, 1.807) is 11.3 Å². The van der Waals surface area contributed by atoms with Crippen LogP contribution in [0.5, 0.6) is 0 Å². The minimum atomic E-state index is 0.187. The number of aromatic nitrogens is 2. The van der Waals surface area contributed by atoms with Crippen LogP contribution in [-0.2, 0) is 12.8 Å². The molecule has 0 aliphatic carbocycles. The van der Waals surface area contributed by atoms with E-state index in [0.29, 0.717) is 0 Å². The molecule has 0 unspecified atom stereocenters. The number of nitrogens with zero attached hydrogens (tertiary/aromatic N) is 2. The summed E-state index contributed by atoms with van der Waals surface area (Å²) in [6.07, 6.45) is 4.15. The van der Waals surface area contributed by atoms with Gasteiger partial charge in [0.05, 0.1) is 0 Å². The van der Waals surface area contributed by atoms with E-state index in [1.807, 2.05) is 11.8 Å². The smallest absolute Gasteiger partial charge is 0.118 e. The Morgan fingerprint density at radius 2 is 1.81 bits per heavy atom. The van der Waals surface area contributed by atoms with Crippen LogP contribution < -0.4 is 5.32 Å². The normalized spacial score (nSPS) is 12.0. The molecule has 0 saturated carbocycles. The second-order valence-corrected chi connectivity index (χ2v) is 6.89. The van der Waals surface area contributed by atoms with Gasteiger partial charge in [-0.1, -0.05) is 0 Å². The zero-order valence-electron chi connectivity index (χ0n) is 10.5. The predicted molar refractivity (Wildman–Crippen MR) is 73.5 cm³/mol. The maximum absolute atomic E-state index is 4.21. The van der Waals surface area contributed by atoms with Crippen LogP contribution in [0.15, 0.2) is 0 Å². The molecule has 1 N–H and O–H groups in total. The summed E-state index contributed by atoms with van der Waals surface area (Å²) in [5.41, 5.74) is 0.187.